The standard InChI is InChI=1S/C28H32N10O/c1-36-10-12-37(13-11-36)25-16-24-23(15-21(25)26(39)31-19-6-7-22-18(14-19)17-30-35-22)32-27(33-24)34-28-29-8-9-38(28)20-4-2-3-5-20/h6-9,14-17,20H,2-5,10-13H2,1H3,(H,30,35)(H,31,39)(H2,29,32,33,34). The Labute approximate surface area is 225 Å². The lowest BCUT2D eigenvalue weighted by molar-refractivity contribution is 0.102. The summed E-state index contributed by atoms with van der Waals surface area (Å²) >= 11 is 0. The lowest BCUT2D eigenvalue weighted by atomic mass is 10.1. The molecule has 11 heteroatoms. The Hall–Kier alpha value is -4.38. The van der Waals surface area contributed by atoms with Crippen molar-refractivity contribution in [3.63, 3.8) is 0 Å². The second-order valence-corrected chi connectivity index (χ2v) is 10.6. The van der Waals surface area contributed by atoms with Gasteiger partial charge in [0.1, 0.15) is 0 Å². The summed E-state index contributed by atoms with van der Waals surface area (Å²) in [6.07, 6.45) is 10.5. The van der Waals surface area contributed by atoms with Gasteiger partial charge in [-0.1, -0.05) is 12.8 Å². The topological polar surface area (TPSA) is 123 Å². The highest BCUT2D eigenvalue weighted by molar-refractivity contribution is 6.11. The first-order chi connectivity index (χ1) is 19.1. The second kappa shape index (κ2) is 9.73. The first-order valence-electron chi connectivity index (χ1n) is 13.6. The van der Waals surface area contributed by atoms with Gasteiger partial charge in [0.25, 0.3) is 5.91 Å². The summed E-state index contributed by atoms with van der Waals surface area (Å²) in [7, 11) is 2.13. The number of piperazine rings is 1. The summed E-state index contributed by atoms with van der Waals surface area (Å²) in [6.45, 7) is 3.57. The maximum atomic E-state index is 13.7. The molecule has 0 radical (unpaired) electrons. The summed E-state index contributed by atoms with van der Waals surface area (Å²) < 4.78 is 2.21. The number of rotatable bonds is 6. The number of nitrogens with zero attached hydrogens (tertiary/aromatic N) is 6. The van der Waals surface area contributed by atoms with E-state index in [9.17, 15) is 4.79 Å². The number of anilines is 4. The van der Waals surface area contributed by atoms with Crippen LogP contribution in [-0.2, 0) is 0 Å². The van der Waals surface area contributed by atoms with Gasteiger partial charge in [0.05, 0.1) is 34.0 Å². The van der Waals surface area contributed by atoms with Crippen LogP contribution in [0.25, 0.3) is 21.9 Å². The number of amides is 1. The normalized spacial score (nSPS) is 16.9. The first-order valence-corrected chi connectivity index (χ1v) is 13.6. The third kappa shape index (κ3) is 4.59. The molecule has 200 valence electrons. The van der Waals surface area contributed by atoms with Gasteiger partial charge < -0.3 is 24.7 Å². The molecule has 1 saturated carbocycles. The minimum atomic E-state index is -0.158. The molecule has 1 amide bonds. The number of imidazole rings is 2. The molecule has 1 saturated heterocycles. The van der Waals surface area contributed by atoms with Gasteiger partial charge in [0.2, 0.25) is 11.9 Å². The fourth-order valence-corrected chi connectivity index (χ4v) is 5.81. The van der Waals surface area contributed by atoms with Crippen LogP contribution in [0.5, 0.6) is 0 Å². The van der Waals surface area contributed by atoms with Crippen LogP contribution >= 0.6 is 0 Å². The molecule has 4 N–H and O–H groups in total. The monoisotopic (exact) mass is 524 g/mol. The van der Waals surface area contributed by atoms with Crippen molar-refractivity contribution in [1.82, 2.24) is 34.6 Å². The molecule has 7 rings (SSSR count). The summed E-state index contributed by atoms with van der Waals surface area (Å²) in [5.74, 6) is 1.24. The Balaban J connectivity index is 1.22. The fourth-order valence-electron chi connectivity index (χ4n) is 5.81. The van der Waals surface area contributed by atoms with Crippen molar-refractivity contribution in [2.75, 3.05) is 48.8 Å². The van der Waals surface area contributed by atoms with E-state index in [-0.39, 0.29) is 5.91 Å². The van der Waals surface area contributed by atoms with Crippen molar-refractivity contribution in [2.45, 2.75) is 31.7 Å². The van der Waals surface area contributed by atoms with Crippen LogP contribution in [0.4, 0.5) is 23.3 Å². The number of fused-ring (bicyclic) bond motifs is 2. The minimum absolute atomic E-state index is 0.158. The number of aromatic nitrogens is 6. The number of likely N-dealkylation sites (N-methyl/N-ethyl adjacent to an activating group) is 1. The zero-order chi connectivity index (χ0) is 26.3. The number of carbonyl (C=O) groups excluding carboxylic acids is 1. The van der Waals surface area contributed by atoms with E-state index in [1.165, 1.54) is 25.7 Å². The molecule has 1 aliphatic heterocycles. The Kier molecular flexibility index (Phi) is 5.92. The molecule has 39 heavy (non-hydrogen) atoms. The molecular formula is C28H32N10O. The molecule has 0 bridgehead atoms. The van der Waals surface area contributed by atoms with Crippen molar-refractivity contribution < 1.29 is 4.79 Å². The van der Waals surface area contributed by atoms with Gasteiger partial charge in [0, 0.05) is 55.7 Å². The van der Waals surface area contributed by atoms with E-state index in [0.29, 0.717) is 17.6 Å². The third-order valence-corrected chi connectivity index (χ3v) is 8.00. The van der Waals surface area contributed by atoms with Crippen molar-refractivity contribution in [3.05, 3.63) is 54.5 Å². The van der Waals surface area contributed by atoms with Crippen molar-refractivity contribution >= 4 is 51.1 Å². The molecule has 2 aromatic carbocycles. The van der Waals surface area contributed by atoms with E-state index in [4.69, 9.17) is 4.98 Å². The van der Waals surface area contributed by atoms with Crippen LogP contribution in [0, 0.1) is 0 Å². The van der Waals surface area contributed by atoms with Crippen LogP contribution in [0.2, 0.25) is 0 Å². The molecule has 0 spiro atoms. The summed E-state index contributed by atoms with van der Waals surface area (Å²) in [5, 5.41) is 14.5. The van der Waals surface area contributed by atoms with Crippen LogP contribution in [-0.4, -0.2) is 73.8 Å². The van der Waals surface area contributed by atoms with Crippen molar-refractivity contribution in [1.29, 1.82) is 0 Å². The number of hydrogen-bond donors (Lipinski definition) is 4. The smallest absolute Gasteiger partial charge is 0.257 e. The van der Waals surface area contributed by atoms with Gasteiger partial charge in [-0.05, 0) is 50.2 Å². The van der Waals surface area contributed by atoms with Gasteiger partial charge in [-0.3, -0.25) is 15.2 Å². The Morgan fingerprint density at radius 2 is 1.90 bits per heavy atom. The first kappa shape index (κ1) is 23.7. The number of H-pyrrole nitrogens is 2. The van der Waals surface area contributed by atoms with Gasteiger partial charge in [-0.15, -0.1) is 0 Å². The SMILES string of the molecule is CN1CCN(c2cc3nc(Nc4nccn4C4CCCC4)[nH]c3cc2C(=O)Nc2ccc3[nH]ncc3c2)CC1. The van der Waals surface area contributed by atoms with E-state index in [1.54, 1.807) is 6.20 Å². The van der Waals surface area contributed by atoms with E-state index in [2.05, 4.69) is 52.2 Å². The van der Waals surface area contributed by atoms with E-state index in [0.717, 1.165) is 65.4 Å². The van der Waals surface area contributed by atoms with Gasteiger partial charge >= 0.3 is 0 Å². The predicted octanol–water partition coefficient (Wildman–Crippen LogP) is 4.50. The fraction of sp³-hybridized carbons (Fsp3) is 0.357. The highest BCUT2D eigenvalue weighted by atomic mass is 16.1. The van der Waals surface area contributed by atoms with Gasteiger partial charge in [0.15, 0.2) is 0 Å². The molecule has 4 heterocycles. The number of nitrogens with one attached hydrogen (secondary N) is 4. The van der Waals surface area contributed by atoms with Crippen LogP contribution < -0.4 is 15.5 Å². The molecule has 5 aromatic rings. The van der Waals surface area contributed by atoms with Gasteiger partial charge in [-0.25, -0.2) is 9.97 Å². The lowest BCUT2D eigenvalue weighted by Gasteiger charge is -2.35. The minimum Gasteiger partial charge on any atom is -0.368 e. The number of hydrogen-bond acceptors (Lipinski definition) is 7. The van der Waals surface area contributed by atoms with E-state index < -0.39 is 0 Å². The largest absolute Gasteiger partial charge is 0.368 e. The molecule has 1 aliphatic carbocycles. The number of aromatic amines is 2. The summed E-state index contributed by atoms with van der Waals surface area (Å²) in [5.41, 5.74) is 4.76. The lowest BCUT2D eigenvalue weighted by Crippen LogP contribution is -2.45. The maximum absolute atomic E-state index is 13.7. The molecule has 2 fully saturated rings. The predicted molar refractivity (Wildman–Crippen MR) is 153 cm³/mol. The van der Waals surface area contributed by atoms with Crippen molar-refractivity contribution in [2.24, 2.45) is 0 Å². The molecule has 11 nitrogen and oxygen atoms in total. The van der Waals surface area contributed by atoms with Gasteiger partial charge in [-0.2, -0.15) is 5.10 Å². The maximum Gasteiger partial charge on any atom is 0.257 e. The molecule has 0 atom stereocenters. The van der Waals surface area contributed by atoms with E-state index in [1.807, 2.05) is 42.7 Å². The quantitative estimate of drug-likeness (QED) is 0.258. The summed E-state index contributed by atoms with van der Waals surface area (Å²) in [6, 6.07) is 10.1. The Bertz CT molecular complexity index is 1630. The van der Waals surface area contributed by atoms with E-state index >= 15 is 0 Å². The van der Waals surface area contributed by atoms with Crippen LogP contribution in [0.3, 0.4) is 0 Å². The van der Waals surface area contributed by atoms with Crippen molar-refractivity contribution in [3.8, 4) is 0 Å². The number of carbonyl (C=O) groups is 1. The molecule has 0 unspecified atom stereocenters. The second-order valence-electron chi connectivity index (χ2n) is 10.6. The Morgan fingerprint density at radius 3 is 2.74 bits per heavy atom. The molecule has 3 aromatic heterocycles. The average molecular weight is 525 g/mol. The zero-order valence-electron chi connectivity index (χ0n) is 21.9. The highest BCUT2D eigenvalue weighted by Gasteiger charge is 2.24. The highest BCUT2D eigenvalue weighted by Crippen LogP contribution is 2.33. The zero-order valence-corrected chi connectivity index (χ0v) is 21.9. The number of benzene rings is 2. The Morgan fingerprint density at radius 1 is 1.05 bits per heavy atom. The van der Waals surface area contributed by atoms with Crippen LogP contribution in [0.1, 0.15) is 42.1 Å². The average Bonchev–Trinajstić information content (AvgIpc) is 3.75. The third-order valence-electron chi connectivity index (χ3n) is 8.00. The van der Waals surface area contributed by atoms with Crippen LogP contribution in [0.15, 0.2) is 48.9 Å². The molecule has 2 aliphatic rings. The molecular weight excluding hydrogens is 492 g/mol. The summed E-state index contributed by atoms with van der Waals surface area (Å²) in [4.78, 5) is 31.0.